The molecule has 8 heteroatoms. The van der Waals surface area contributed by atoms with Crippen molar-refractivity contribution in [1.82, 2.24) is 15.2 Å². The van der Waals surface area contributed by atoms with E-state index >= 15 is 0 Å². The van der Waals surface area contributed by atoms with Crippen molar-refractivity contribution in [1.29, 1.82) is 0 Å². The molecule has 4 bridgehead atoms. The van der Waals surface area contributed by atoms with Crippen LogP contribution in [0.4, 0.5) is 4.79 Å². The Bertz CT molecular complexity index is 1060. The largest absolute Gasteiger partial charge is 0.445 e. The van der Waals surface area contributed by atoms with Gasteiger partial charge in [0.05, 0.1) is 17.2 Å². The number of ether oxygens (including phenoxy) is 1. The van der Waals surface area contributed by atoms with Crippen LogP contribution in [-0.2, 0) is 9.53 Å². The fourth-order valence-electron chi connectivity index (χ4n) is 7.15. The van der Waals surface area contributed by atoms with E-state index in [1.54, 1.807) is 11.3 Å². The second kappa shape index (κ2) is 7.72. The van der Waals surface area contributed by atoms with Crippen LogP contribution in [0.15, 0.2) is 36.0 Å². The average molecular weight is 467 g/mol. The number of nitrogens with one attached hydrogen (secondary N) is 1. The van der Waals surface area contributed by atoms with Gasteiger partial charge in [0.25, 0.3) is 0 Å². The Hall–Kier alpha value is -2.61. The monoisotopic (exact) mass is 466 g/mol. The van der Waals surface area contributed by atoms with Crippen molar-refractivity contribution in [3.63, 3.8) is 0 Å². The van der Waals surface area contributed by atoms with Gasteiger partial charge in [-0.15, -0.1) is 11.3 Å². The summed E-state index contributed by atoms with van der Waals surface area (Å²) in [6.45, 7) is 4.64. The Morgan fingerprint density at radius 1 is 1.27 bits per heavy atom. The van der Waals surface area contributed by atoms with Crippen LogP contribution in [0.1, 0.15) is 61.7 Å². The van der Waals surface area contributed by atoms with E-state index in [4.69, 9.17) is 15.5 Å². The van der Waals surface area contributed by atoms with Gasteiger partial charge in [0.15, 0.2) is 0 Å². The summed E-state index contributed by atoms with van der Waals surface area (Å²) in [5.74, 6) is 0.902. The normalized spacial score (nSPS) is 36.6. The van der Waals surface area contributed by atoms with Crippen LogP contribution in [0.25, 0.3) is 5.57 Å². The highest BCUT2D eigenvalue weighted by molar-refractivity contribution is 7.09. The number of amides is 2. The number of aromatic nitrogens is 1. The van der Waals surface area contributed by atoms with E-state index in [0.717, 1.165) is 66.9 Å². The number of nitrogens with zero attached hydrogens (tertiary/aromatic N) is 2. The highest BCUT2D eigenvalue weighted by Gasteiger charge is 2.59. The standard InChI is InChI=1S/C25H30N4O3S/c1-14-7-16(4-5-27-14)19-13-33-22(28-19)20-3-2-6-29(20)24(31)32-21-17-8-15-9-18(21)12-25(10-15,11-17)23(26)30/h4-5,7,13,15,17-18,20-21,27H,1-3,6,8-12H2,(H2,26,30)/t15?,17?,18?,20-,21-,25-/m1/s1. The number of carbonyl (C=O) groups is 2. The lowest BCUT2D eigenvalue weighted by Crippen LogP contribution is -2.59. The Morgan fingerprint density at radius 3 is 2.79 bits per heavy atom. The van der Waals surface area contributed by atoms with Crippen LogP contribution in [0, 0.1) is 23.2 Å². The molecule has 3 N–H and O–H groups in total. The average Bonchev–Trinajstić information content (AvgIpc) is 3.45. The molecular weight excluding hydrogens is 436 g/mol. The van der Waals surface area contributed by atoms with E-state index in [9.17, 15) is 9.59 Å². The molecule has 2 unspecified atom stereocenters. The molecular formula is C25H30N4O3S. The lowest BCUT2D eigenvalue weighted by molar-refractivity contribution is -0.161. The molecule has 1 aromatic heterocycles. The molecule has 7 nitrogen and oxygen atoms in total. The first-order valence-corrected chi connectivity index (χ1v) is 12.9. The van der Waals surface area contributed by atoms with Gasteiger partial charge in [-0.1, -0.05) is 6.58 Å². The number of dihydropyridines is 1. The van der Waals surface area contributed by atoms with Crippen molar-refractivity contribution in [3.8, 4) is 0 Å². The summed E-state index contributed by atoms with van der Waals surface area (Å²) in [4.78, 5) is 32.3. The van der Waals surface area contributed by atoms with E-state index < -0.39 is 0 Å². The minimum absolute atomic E-state index is 0.0421. The van der Waals surface area contributed by atoms with Crippen molar-refractivity contribution >= 4 is 28.9 Å². The first-order chi connectivity index (χ1) is 15.9. The molecule has 3 heterocycles. The maximum absolute atomic E-state index is 13.3. The van der Waals surface area contributed by atoms with Gasteiger partial charge in [-0.3, -0.25) is 9.69 Å². The van der Waals surface area contributed by atoms with Gasteiger partial charge < -0.3 is 15.8 Å². The highest BCUT2D eigenvalue weighted by Crippen LogP contribution is 2.60. The minimum Gasteiger partial charge on any atom is -0.445 e. The number of carbonyl (C=O) groups excluding carboxylic acids is 2. The number of thiazole rings is 1. The van der Waals surface area contributed by atoms with Crippen LogP contribution < -0.4 is 11.1 Å². The number of likely N-dealkylation sites (tertiary alicyclic amines) is 1. The number of rotatable bonds is 4. The fourth-order valence-corrected chi connectivity index (χ4v) is 8.12. The van der Waals surface area contributed by atoms with E-state index in [-0.39, 0.29) is 41.4 Å². The van der Waals surface area contributed by atoms with Crippen molar-refractivity contribution in [2.45, 2.75) is 57.1 Å². The quantitative estimate of drug-likeness (QED) is 0.696. The smallest absolute Gasteiger partial charge is 0.410 e. The summed E-state index contributed by atoms with van der Waals surface area (Å²) < 4.78 is 6.19. The molecule has 1 aromatic rings. The molecule has 33 heavy (non-hydrogen) atoms. The minimum atomic E-state index is -0.365. The van der Waals surface area contributed by atoms with Crippen LogP contribution in [0.5, 0.6) is 0 Å². The fraction of sp³-hybridized carbons (Fsp3) is 0.560. The lowest BCUT2D eigenvalue weighted by Gasteiger charge is -2.58. The van der Waals surface area contributed by atoms with Gasteiger partial charge in [-0.2, -0.15) is 0 Å². The van der Waals surface area contributed by atoms with Gasteiger partial charge in [0.1, 0.15) is 11.1 Å². The van der Waals surface area contributed by atoms with E-state index in [1.807, 2.05) is 28.6 Å². The molecule has 0 radical (unpaired) electrons. The van der Waals surface area contributed by atoms with E-state index in [1.165, 1.54) is 0 Å². The second-order valence-corrected chi connectivity index (χ2v) is 11.4. The summed E-state index contributed by atoms with van der Waals surface area (Å²) in [5.41, 5.74) is 8.20. The number of hydrogen-bond acceptors (Lipinski definition) is 6. The maximum atomic E-state index is 13.3. The topological polar surface area (TPSA) is 97.5 Å². The number of nitrogens with two attached hydrogens (primary N) is 1. The molecule has 1 saturated heterocycles. The molecule has 174 valence electrons. The summed E-state index contributed by atoms with van der Waals surface area (Å²) in [5, 5.41) is 6.07. The number of allylic oxidation sites excluding steroid dienone is 3. The van der Waals surface area contributed by atoms with E-state index in [0.29, 0.717) is 12.5 Å². The Balaban J connectivity index is 1.16. The van der Waals surface area contributed by atoms with Gasteiger partial charge in [0, 0.05) is 29.4 Å². The zero-order chi connectivity index (χ0) is 22.7. The van der Waals surface area contributed by atoms with Crippen molar-refractivity contribution in [2.24, 2.45) is 28.9 Å². The predicted molar refractivity (Wildman–Crippen MR) is 126 cm³/mol. The van der Waals surface area contributed by atoms with Gasteiger partial charge in [-0.25, -0.2) is 9.78 Å². The molecule has 7 rings (SSSR count). The summed E-state index contributed by atoms with van der Waals surface area (Å²) in [7, 11) is 0. The second-order valence-electron chi connectivity index (χ2n) is 10.5. The Kier molecular flexibility index (Phi) is 4.90. The molecule has 2 aliphatic heterocycles. The van der Waals surface area contributed by atoms with Crippen molar-refractivity contribution < 1.29 is 14.3 Å². The zero-order valence-electron chi connectivity index (χ0n) is 18.7. The summed E-state index contributed by atoms with van der Waals surface area (Å²) in [6, 6.07) is -0.0421. The van der Waals surface area contributed by atoms with Gasteiger partial charge in [0.2, 0.25) is 5.91 Å². The molecule has 3 atom stereocenters. The molecule has 5 fully saturated rings. The third-order valence-corrected chi connectivity index (χ3v) is 9.34. The third kappa shape index (κ3) is 3.50. The maximum Gasteiger partial charge on any atom is 0.410 e. The first kappa shape index (κ1) is 21.0. The van der Waals surface area contributed by atoms with Crippen molar-refractivity contribution in [3.05, 3.63) is 46.7 Å². The zero-order valence-corrected chi connectivity index (χ0v) is 19.5. The molecule has 0 spiro atoms. The Morgan fingerprint density at radius 2 is 2.06 bits per heavy atom. The highest BCUT2D eigenvalue weighted by atomic mass is 32.1. The van der Waals surface area contributed by atoms with E-state index in [2.05, 4.69) is 11.9 Å². The molecule has 4 saturated carbocycles. The molecule has 0 aromatic carbocycles. The molecule has 6 aliphatic rings. The van der Waals surface area contributed by atoms with Crippen LogP contribution >= 0.6 is 11.3 Å². The lowest BCUT2D eigenvalue weighted by atomic mass is 9.48. The summed E-state index contributed by atoms with van der Waals surface area (Å²) in [6.07, 6.45) is 11.9. The predicted octanol–water partition coefficient (Wildman–Crippen LogP) is 4.11. The van der Waals surface area contributed by atoms with Crippen molar-refractivity contribution in [2.75, 3.05) is 6.54 Å². The Labute approximate surface area is 197 Å². The third-order valence-electron chi connectivity index (χ3n) is 8.40. The van der Waals surface area contributed by atoms with Gasteiger partial charge >= 0.3 is 6.09 Å². The van der Waals surface area contributed by atoms with Crippen LogP contribution in [0.2, 0.25) is 0 Å². The number of hydrogen-bond donors (Lipinski definition) is 2. The van der Waals surface area contributed by atoms with Crippen LogP contribution in [0.3, 0.4) is 0 Å². The first-order valence-electron chi connectivity index (χ1n) is 12.0. The summed E-state index contributed by atoms with van der Waals surface area (Å²) >= 11 is 1.60. The van der Waals surface area contributed by atoms with Crippen LogP contribution in [-0.4, -0.2) is 34.5 Å². The molecule has 2 amide bonds. The number of primary amides is 1. The SMILES string of the molecule is C=C1C=C(c2csc([C@H]3CCCN3C(=O)O[C@H]3C4CC5CC3C[C@](C(N)=O)(C5)C4)n2)C=CN1. The van der Waals surface area contributed by atoms with Gasteiger partial charge in [-0.05, 0) is 74.9 Å². The molecule has 4 aliphatic carbocycles.